The predicted molar refractivity (Wildman–Crippen MR) is 135 cm³/mol. The lowest BCUT2D eigenvalue weighted by Crippen LogP contribution is -2.35. The highest BCUT2D eigenvalue weighted by atomic mass is 19.1. The number of anilines is 1. The maximum absolute atomic E-state index is 13.5. The van der Waals surface area contributed by atoms with E-state index in [0.717, 1.165) is 27.9 Å². The van der Waals surface area contributed by atoms with Gasteiger partial charge >= 0.3 is 0 Å². The predicted octanol–water partition coefficient (Wildman–Crippen LogP) is 5.31. The summed E-state index contributed by atoms with van der Waals surface area (Å²) >= 11 is 0. The van der Waals surface area contributed by atoms with Crippen LogP contribution in [-0.4, -0.2) is 40.1 Å². The number of carbonyl (C=O) groups is 2. The largest absolute Gasteiger partial charge is 0.332 e. The molecule has 1 heterocycles. The topological polar surface area (TPSA) is 67.2 Å². The van der Waals surface area contributed by atoms with Gasteiger partial charge in [0.15, 0.2) is 0 Å². The summed E-state index contributed by atoms with van der Waals surface area (Å²) in [7, 11) is 1.59. The van der Waals surface area contributed by atoms with Gasteiger partial charge in [-0.25, -0.2) is 9.07 Å². The van der Waals surface area contributed by atoms with Crippen LogP contribution in [0.15, 0.2) is 72.9 Å². The third-order valence-electron chi connectivity index (χ3n) is 5.80. The van der Waals surface area contributed by atoms with Crippen molar-refractivity contribution in [3.05, 3.63) is 101 Å². The summed E-state index contributed by atoms with van der Waals surface area (Å²) in [5.74, 6) is -0.987. The van der Waals surface area contributed by atoms with E-state index in [2.05, 4.69) is 10.4 Å². The van der Waals surface area contributed by atoms with Crippen molar-refractivity contribution in [2.45, 2.75) is 20.8 Å². The first-order chi connectivity index (χ1) is 16.7. The second-order valence-electron chi connectivity index (χ2n) is 8.66. The molecule has 0 fully saturated rings. The average molecular weight is 471 g/mol. The minimum absolute atomic E-state index is 0.123. The molecule has 0 unspecified atom stereocenters. The van der Waals surface area contributed by atoms with Crippen molar-refractivity contribution in [3.63, 3.8) is 0 Å². The van der Waals surface area contributed by atoms with E-state index in [9.17, 15) is 14.0 Å². The fraction of sp³-hybridized carbons (Fsp3) is 0.179. The molecule has 7 heteroatoms. The Labute approximate surface area is 204 Å². The summed E-state index contributed by atoms with van der Waals surface area (Å²) in [6.07, 6.45) is 1.62. The molecule has 2 amide bonds. The Morgan fingerprint density at radius 1 is 0.971 bits per heavy atom. The van der Waals surface area contributed by atoms with Gasteiger partial charge in [-0.1, -0.05) is 42.0 Å². The number of likely N-dealkylation sites (N-methyl/N-ethyl adjacent to an activating group) is 1. The van der Waals surface area contributed by atoms with E-state index in [1.165, 1.54) is 17.0 Å². The zero-order valence-corrected chi connectivity index (χ0v) is 20.2. The Balaban J connectivity index is 1.63. The van der Waals surface area contributed by atoms with Crippen LogP contribution in [0.3, 0.4) is 0 Å². The highest BCUT2D eigenvalue weighted by molar-refractivity contribution is 6.03. The van der Waals surface area contributed by atoms with Gasteiger partial charge in [0.05, 0.1) is 17.8 Å². The lowest BCUT2D eigenvalue weighted by Gasteiger charge is -2.18. The molecule has 0 spiro atoms. The highest BCUT2D eigenvalue weighted by Crippen LogP contribution is 2.26. The van der Waals surface area contributed by atoms with Crippen LogP contribution in [0.1, 0.15) is 27.0 Å². The number of halogens is 1. The van der Waals surface area contributed by atoms with E-state index in [0.29, 0.717) is 16.9 Å². The third kappa shape index (κ3) is 5.30. The van der Waals surface area contributed by atoms with E-state index >= 15 is 0 Å². The zero-order valence-electron chi connectivity index (χ0n) is 20.2. The van der Waals surface area contributed by atoms with E-state index in [4.69, 9.17) is 0 Å². The Hall–Kier alpha value is -4.26. The Kier molecular flexibility index (Phi) is 6.78. The smallest absolute Gasteiger partial charge is 0.257 e. The molecule has 0 aliphatic carbocycles. The maximum atomic E-state index is 13.5. The number of hydrogen-bond acceptors (Lipinski definition) is 3. The van der Waals surface area contributed by atoms with Crippen LogP contribution in [-0.2, 0) is 4.79 Å². The lowest BCUT2D eigenvalue weighted by molar-refractivity contribution is -0.116. The standard InChI is InChI=1S/C28H27FN4O2/c1-18-7-5-10-21(15-18)27-24(16-33(31-27)23-13-11-22(29)12-14-23)28(35)32(4)17-25(34)30-26-19(2)8-6-9-20(26)3/h5-16H,17H2,1-4H3,(H,30,34). The monoisotopic (exact) mass is 470 g/mol. The van der Waals surface area contributed by atoms with E-state index in [-0.39, 0.29) is 24.2 Å². The first-order valence-electron chi connectivity index (χ1n) is 11.3. The minimum atomic E-state index is -0.356. The Bertz CT molecular complexity index is 1370. The number of amides is 2. The van der Waals surface area contributed by atoms with E-state index in [1.807, 2.05) is 63.2 Å². The van der Waals surface area contributed by atoms with Crippen molar-refractivity contribution >= 4 is 17.5 Å². The number of benzene rings is 3. The molecule has 3 aromatic carbocycles. The molecule has 6 nitrogen and oxygen atoms in total. The number of aromatic nitrogens is 2. The molecule has 4 rings (SSSR count). The molecule has 0 radical (unpaired) electrons. The molecule has 0 bridgehead atoms. The van der Waals surface area contributed by atoms with Crippen LogP contribution < -0.4 is 5.32 Å². The Morgan fingerprint density at radius 3 is 2.29 bits per heavy atom. The molecule has 4 aromatic rings. The molecule has 0 aliphatic heterocycles. The van der Waals surface area contributed by atoms with Gasteiger partial charge in [0.25, 0.3) is 5.91 Å². The number of nitrogens with zero attached hydrogens (tertiary/aromatic N) is 3. The number of para-hydroxylation sites is 1. The maximum Gasteiger partial charge on any atom is 0.257 e. The molecule has 0 aliphatic rings. The fourth-order valence-electron chi connectivity index (χ4n) is 3.95. The van der Waals surface area contributed by atoms with Crippen molar-refractivity contribution in [3.8, 4) is 16.9 Å². The second-order valence-corrected chi connectivity index (χ2v) is 8.66. The molecule has 178 valence electrons. The normalized spacial score (nSPS) is 10.8. The average Bonchev–Trinajstić information content (AvgIpc) is 3.27. The minimum Gasteiger partial charge on any atom is -0.332 e. The molecule has 35 heavy (non-hydrogen) atoms. The van der Waals surface area contributed by atoms with Crippen molar-refractivity contribution in [1.29, 1.82) is 0 Å². The van der Waals surface area contributed by atoms with Gasteiger partial charge in [0.1, 0.15) is 11.5 Å². The van der Waals surface area contributed by atoms with Gasteiger partial charge in [-0.05, 0) is 62.2 Å². The zero-order chi connectivity index (χ0) is 25.1. The number of rotatable bonds is 6. The summed E-state index contributed by atoms with van der Waals surface area (Å²) in [5.41, 5.74) is 5.93. The fourth-order valence-corrected chi connectivity index (χ4v) is 3.95. The molecular weight excluding hydrogens is 443 g/mol. The van der Waals surface area contributed by atoms with Gasteiger partial charge in [-0.2, -0.15) is 5.10 Å². The van der Waals surface area contributed by atoms with E-state index in [1.54, 1.807) is 30.1 Å². The quantitative estimate of drug-likeness (QED) is 0.415. The van der Waals surface area contributed by atoms with Crippen molar-refractivity contribution in [2.75, 3.05) is 18.9 Å². The van der Waals surface area contributed by atoms with Gasteiger partial charge in [0.2, 0.25) is 5.91 Å². The molecule has 0 saturated carbocycles. The summed E-state index contributed by atoms with van der Waals surface area (Å²) in [6.45, 7) is 5.69. The summed E-state index contributed by atoms with van der Waals surface area (Å²) in [6, 6.07) is 19.4. The highest BCUT2D eigenvalue weighted by Gasteiger charge is 2.23. The Morgan fingerprint density at radius 2 is 1.63 bits per heavy atom. The van der Waals surface area contributed by atoms with Gasteiger partial charge < -0.3 is 10.2 Å². The van der Waals surface area contributed by atoms with Crippen LogP contribution in [0.25, 0.3) is 16.9 Å². The summed E-state index contributed by atoms with van der Waals surface area (Å²) < 4.78 is 15.0. The van der Waals surface area contributed by atoms with Crippen LogP contribution in [0, 0.1) is 26.6 Å². The van der Waals surface area contributed by atoms with E-state index < -0.39 is 0 Å². The SMILES string of the molecule is Cc1cccc(-c2nn(-c3ccc(F)cc3)cc2C(=O)N(C)CC(=O)Nc2c(C)cccc2C)c1. The number of nitrogens with one attached hydrogen (secondary N) is 1. The molecule has 1 aromatic heterocycles. The third-order valence-corrected chi connectivity index (χ3v) is 5.80. The second kappa shape index (κ2) is 9.93. The van der Waals surface area contributed by atoms with Gasteiger partial charge in [-0.15, -0.1) is 0 Å². The summed E-state index contributed by atoms with van der Waals surface area (Å²) in [5, 5.41) is 7.56. The van der Waals surface area contributed by atoms with Gasteiger partial charge in [-0.3, -0.25) is 9.59 Å². The number of hydrogen-bond donors (Lipinski definition) is 1. The van der Waals surface area contributed by atoms with Crippen molar-refractivity contribution in [1.82, 2.24) is 14.7 Å². The first kappa shape index (κ1) is 23.9. The van der Waals surface area contributed by atoms with Crippen LogP contribution in [0.5, 0.6) is 0 Å². The number of aryl methyl sites for hydroxylation is 3. The van der Waals surface area contributed by atoms with Crippen LogP contribution >= 0.6 is 0 Å². The number of carbonyl (C=O) groups excluding carboxylic acids is 2. The van der Waals surface area contributed by atoms with Crippen LogP contribution in [0.4, 0.5) is 10.1 Å². The van der Waals surface area contributed by atoms with Gasteiger partial charge in [0, 0.05) is 24.5 Å². The van der Waals surface area contributed by atoms with Crippen molar-refractivity contribution < 1.29 is 14.0 Å². The summed E-state index contributed by atoms with van der Waals surface area (Å²) in [4.78, 5) is 27.6. The van der Waals surface area contributed by atoms with Crippen LogP contribution in [0.2, 0.25) is 0 Å². The lowest BCUT2D eigenvalue weighted by atomic mass is 10.1. The van der Waals surface area contributed by atoms with Crippen molar-refractivity contribution in [2.24, 2.45) is 0 Å². The molecular formula is C28H27FN4O2. The molecule has 1 N–H and O–H groups in total. The first-order valence-corrected chi connectivity index (χ1v) is 11.3. The molecule has 0 saturated heterocycles. The molecule has 0 atom stereocenters.